The Bertz CT molecular complexity index is 1040. The molecule has 0 aliphatic rings. The van der Waals surface area contributed by atoms with E-state index < -0.39 is 5.91 Å². The Balaban J connectivity index is 1.67. The summed E-state index contributed by atoms with van der Waals surface area (Å²) in [6.45, 7) is 0.205. The summed E-state index contributed by atoms with van der Waals surface area (Å²) in [6, 6.07) is 18.1. The summed E-state index contributed by atoms with van der Waals surface area (Å²) in [5.74, 6) is 0.880. The molecule has 0 atom stereocenters. The number of nitrogens with zero attached hydrogens (tertiary/aromatic N) is 1. The molecule has 0 saturated carbocycles. The molecule has 0 radical (unpaired) electrons. The van der Waals surface area contributed by atoms with Crippen molar-refractivity contribution in [2.45, 2.75) is 6.61 Å². The summed E-state index contributed by atoms with van der Waals surface area (Å²) >= 11 is 0. The lowest BCUT2D eigenvalue weighted by Gasteiger charge is -2.10. The van der Waals surface area contributed by atoms with E-state index in [0.29, 0.717) is 28.4 Å². The second-order valence-corrected chi connectivity index (χ2v) is 6.22. The highest BCUT2D eigenvalue weighted by atomic mass is 19.1. The van der Waals surface area contributed by atoms with Gasteiger partial charge in [-0.1, -0.05) is 24.3 Å². The normalized spacial score (nSPS) is 10.6. The lowest BCUT2D eigenvalue weighted by atomic mass is 10.2. The summed E-state index contributed by atoms with van der Waals surface area (Å²) in [4.78, 5) is 12.6. The number of methoxy groups -OCH3 is 2. The van der Waals surface area contributed by atoms with Gasteiger partial charge < -0.3 is 14.2 Å². The van der Waals surface area contributed by atoms with Gasteiger partial charge in [0.15, 0.2) is 0 Å². The fourth-order valence-electron chi connectivity index (χ4n) is 2.67. The number of amides is 1. The standard InChI is InChI=1S/C23H21FN2O4/c1-28-19-12-9-17(22(13-19)29-2)14-25-26-23(27)20-5-3-4-6-21(20)30-15-16-7-10-18(24)11-8-16/h3-14H,15H2,1-2H3,(H,26,27)/b25-14+. The van der Waals surface area contributed by atoms with E-state index >= 15 is 0 Å². The van der Waals surface area contributed by atoms with Gasteiger partial charge in [-0.05, 0) is 42.0 Å². The molecule has 1 amide bonds. The molecule has 3 rings (SSSR count). The zero-order valence-electron chi connectivity index (χ0n) is 16.6. The molecular weight excluding hydrogens is 387 g/mol. The highest BCUT2D eigenvalue weighted by molar-refractivity contribution is 5.97. The van der Waals surface area contributed by atoms with Crippen LogP contribution in [0.5, 0.6) is 17.2 Å². The van der Waals surface area contributed by atoms with E-state index in [1.54, 1.807) is 68.8 Å². The molecule has 0 fully saturated rings. The van der Waals surface area contributed by atoms with Crippen LogP contribution in [-0.2, 0) is 6.61 Å². The average molecular weight is 408 g/mol. The first-order valence-corrected chi connectivity index (χ1v) is 9.12. The number of halogens is 1. The van der Waals surface area contributed by atoms with Crippen molar-refractivity contribution in [3.63, 3.8) is 0 Å². The monoisotopic (exact) mass is 408 g/mol. The minimum Gasteiger partial charge on any atom is -0.497 e. The van der Waals surface area contributed by atoms with Gasteiger partial charge in [-0.2, -0.15) is 5.10 Å². The predicted octanol–water partition coefficient (Wildman–Crippen LogP) is 4.19. The van der Waals surface area contributed by atoms with Crippen molar-refractivity contribution in [1.82, 2.24) is 5.43 Å². The van der Waals surface area contributed by atoms with E-state index in [2.05, 4.69) is 10.5 Å². The molecule has 3 aromatic carbocycles. The Morgan fingerprint density at radius 1 is 1.00 bits per heavy atom. The number of rotatable bonds is 8. The minimum absolute atomic E-state index is 0.205. The maximum atomic E-state index is 13.0. The zero-order chi connectivity index (χ0) is 21.3. The van der Waals surface area contributed by atoms with Crippen LogP contribution in [0.4, 0.5) is 4.39 Å². The van der Waals surface area contributed by atoms with Crippen molar-refractivity contribution >= 4 is 12.1 Å². The van der Waals surface area contributed by atoms with E-state index in [4.69, 9.17) is 14.2 Å². The highest BCUT2D eigenvalue weighted by Crippen LogP contribution is 2.23. The Morgan fingerprint density at radius 3 is 2.50 bits per heavy atom. The fourth-order valence-corrected chi connectivity index (χ4v) is 2.67. The average Bonchev–Trinajstić information content (AvgIpc) is 2.79. The summed E-state index contributed by atoms with van der Waals surface area (Å²) < 4.78 is 29.2. The van der Waals surface area contributed by atoms with E-state index in [0.717, 1.165) is 5.56 Å². The van der Waals surface area contributed by atoms with Crippen molar-refractivity contribution < 1.29 is 23.4 Å². The summed E-state index contributed by atoms with van der Waals surface area (Å²) in [5.41, 5.74) is 4.29. The van der Waals surface area contributed by atoms with Crippen molar-refractivity contribution in [1.29, 1.82) is 0 Å². The lowest BCUT2D eigenvalue weighted by molar-refractivity contribution is 0.0950. The summed E-state index contributed by atoms with van der Waals surface area (Å²) in [6.07, 6.45) is 1.48. The molecule has 0 unspecified atom stereocenters. The van der Waals surface area contributed by atoms with E-state index in [9.17, 15) is 9.18 Å². The molecule has 0 aliphatic carbocycles. The summed E-state index contributed by atoms with van der Waals surface area (Å²) in [5, 5.41) is 4.01. The molecule has 7 heteroatoms. The lowest BCUT2D eigenvalue weighted by Crippen LogP contribution is -2.18. The number of hydrogen-bond acceptors (Lipinski definition) is 5. The first-order chi connectivity index (χ1) is 14.6. The molecule has 6 nitrogen and oxygen atoms in total. The molecule has 0 aliphatic heterocycles. The maximum absolute atomic E-state index is 13.0. The van der Waals surface area contributed by atoms with Gasteiger partial charge in [0.05, 0.1) is 26.0 Å². The van der Waals surface area contributed by atoms with Crippen LogP contribution in [0.2, 0.25) is 0 Å². The van der Waals surface area contributed by atoms with Crippen LogP contribution in [0.15, 0.2) is 71.8 Å². The zero-order valence-corrected chi connectivity index (χ0v) is 16.6. The van der Waals surface area contributed by atoms with Crippen LogP contribution in [0.3, 0.4) is 0 Å². The number of carbonyl (C=O) groups excluding carboxylic acids is 1. The molecule has 1 N–H and O–H groups in total. The minimum atomic E-state index is -0.423. The van der Waals surface area contributed by atoms with Crippen LogP contribution in [0.25, 0.3) is 0 Å². The molecule has 0 heterocycles. The molecule has 0 bridgehead atoms. The van der Waals surface area contributed by atoms with Gasteiger partial charge in [0.1, 0.15) is 29.7 Å². The molecule has 0 saturated heterocycles. The van der Waals surface area contributed by atoms with Gasteiger partial charge in [0.25, 0.3) is 5.91 Å². The third-order valence-corrected chi connectivity index (χ3v) is 4.25. The molecule has 30 heavy (non-hydrogen) atoms. The number of benzene rings is 3. The van der Waals surface area contributed by atoms with Gasteiger partial charge in [-0.15, -0.1) is 0 Å². The first kappa shape index (κ1) is 20.9. The molecule has 3 aromatic rings. The van der Waals surface area contributed by atoms with Gasteiger partial charge in [0.2, 0.25) is 0 Å². The molecule has 154 valence electrons. The Kier molecular flexibility index (Phi) is 7.00. The van der Waals surface area contributed by atoms with Crippen LogP contribution in [-0.4, -0.2) is 26.3 Å². The fraction of sp³-hybridized carbons (Fsp3) is 0.130. The van der Waals surface area contributed by atoms with E-state index in [-0.39, 0.29) is 12.4 Å². The number of carbonyl (C=O) groups is 1. The van der Waals surface area contributed by atoms with Crippen molar-refractivity contribution in [2.75, 3.05) is 14.2 Å². The second kappa shape index (κ2) is 10.1. The van der Waals surface area contributed by atoms with Gasteiger partial charge in [-0.3, -0.25) is 4.79 Å². The third kappa shape index (κ3) is 5.35. The molecule has 0 spiro atoms. The highest BCUT2D eigenvalue weighted by Gasteiger charge is 2.12. The predicted molar refractivity (Wildman–Crippen MR) is 112 cm³/mol. The quantitative estimate of drug-likeness (QED) is 0.448. The topological polar surface area (TPSA) is 69.2 Å². The van der Waals surface area contributed by atoms with Gasteiger partial charge in [-0.25, -0.2) is 9.82 Å². The van der Waals surface area contributed by atoms with Crippen molar-refractivity contribution in [3.05, 3.63) is 89.2 Å². The van der Waals surface area contributed by atoms with Crippen molar-refractivity contribution in [2.24, 2.45) is 5.10 Å². The Morgan fingerprint density at radius 2 is 1.77 bits per heavy atom. The van der Waals surface area contributed by atoms with Crippen LogP contribution in [0, 0.1) is 5.82 Å². The maximum Gasteiger partial charge on any atom is 0.275 e. The van der Waals surface area contributed by atoms with E-state index in [1.165, 1.54) is 18.3 Å². The second-order valence-electron chi connectivity index (χ2n) is 6.22. The number of ether oxygens (including phenoxy) is 3. The number of hydrogen-bond donors (Lipinski definition) is 1. The van der Waals surface area contributed by atoms with Crippen LogP contribution < -0.4 is 19.6 Å². The number of nitrogens with one attached hydrogen (secondary N) is 1. The van der Waals surface area contributed by atoms with Crippen LogP contribution >= 0.6 is 0 Å². The SMILES string of the molecule is COc1ccc(/C=N/NC(=O)c2ccccc2OCc2ccc(F)cc2)c(OC)c1. The molecular formula is C23H21FN2O4. The van der Waals surface area contributed by atoms with E-state index in [1.807, 2.05) is 0 Å². The third-order valence-electron chi connectivity index (χ3n) is 4.25. The number of hydrazone groups is 1. The summed E-state index contributed by atoms with van der Waals surface area (Å²) in [7, 11) is 3.11. The van der Waals surface area contributed by atoms with Crippen LogP contribution in [0.1, 0.15) is 21.5 Å². The number of para-hydroxylation sites is 1. The van der Waals surface area contributed by atoms with Crippen molar-refractivity contribution in [3.8, 4) is 17.2 Å². The Labute approximate surface area is 173 Å². The smallest absolute Gasteiger partial charge is 0.275 e. The first-order valence-electron chi connectivity index (χ1n) is 9.12. The van der Waals surface area contributed by atoms with Gasteiger partial charge >= 0.3 is 0 Å². The van der Waals surface area contributed by atoms with Gasteiger partial charge in [0, 0.05) is 11.6 Å². The largest absolute Gasteiger partial charge is 0.497 e. The molecule has 0 aromatic heterocycles. The Hall–Kier alpha value is -3.87.